The summed E-state index contributed by atoms with van der Waals surface area (Å²) >= 11 is 0. The molecule has 1 aromatic carbocycles. The van der Waals surface area contributed by atoms with E-state index in [2.05, 4.69) is 4.98 Å². The standard InChI is InChI=1S/C14H16FN3/c1-10-6-11(9-16)7-14(17-10)18(2)13-5-3-4-12(15)8-13/h3-8H,9,16H2,1-2H3. The van der Waals surface area contributed by atoms with E-state index in [-0.39, 0.29) is 5.82 Å². The quantitative estimate of drug-likeness (QED) is 0.904. The number of nitrogens with zero attached hydrogens (tertiary/aromatic N) is 2. The average molecular weight is 245 g/mol. The van der Waals surface area contributed by atoms with Gasteiger partial charge >= 0.3 is 0 Å². The Hall–Kier alpha value is -1.94. The Labute approximate surface area is 106 Å². The van der Waals surface area contributed by atoms with E-state index in [1.165, 1.54) is 12.1 Å². The summed E-state index contributed by atoms with van der Waals surface area (Å²) in [6.07, 6.45) is 0. The molecule has 18 heavy (non-hydrogen) atoms. The van der Waals surface area contributed by atoms with Crippen molar-refractivity contribution >= 4 is 11.5 Å². The van der Waals surface area contributed by atoms with Crippen molar-refractivity contribution in [3.8, 4) is 0 Å². The molecule has 0 bridgehead atoms. The molecule has 3 nitrogen and oxygen atoms in total. The van der Waals surface area contributed by atoms with E-state index in [0.717, 1.165) is 22.8 Å². The highest BCUT2D eigenvalue weighted by Crippen LogP contribution is 2.23. The molecule has 1 aromatic heterocycles. The number of pyridine rings is 1. The molecule has 0 amide bonds. The van der Waals surface area contributed by atoms with E-state index in [0.29, 0.717) is 6.54 Å². The van der Waals surface area contributed by atoms with Crippen molar-refractivity contribution in [2.45, 2.75) is 13.5 Å². The van der Waals surface area contributed by atoms with Crippen LogP contribution in [0.15, 0.2) is 36.4 Å². The van der Waals surface area contributed by atoms with E-state index in [1.807, 2.05) is 37.1 Å². The van der Waals surface area contributed by atoms with Crippen LogP contribution in [0, 0.1) is 12.7 Å². The summed E-state index contributed by atoms with van der Waals surface area (Å²) in [4.78, 5) is 6.28. The minimum absolute atomic E-state index is 0.258. The van der Waals surface area contributed by atoms with Crippen LogP contribution in [0.1, 0.15) is 11.3 Å². The van der Waals surface area contributed by atoms with Gasteiger partial charge in [0.05, 0.1) is 0 Å². The summed E-state index contributed by atoms with van der Waals surface area (Å²) in [5.74, 6) is 0.507. The number of halogens is 1. The topological polar surface area (TPSA) is 42.1 Å². The summed E-state index contributed by atoms with van der Waals surface area (Å²) in [7, 11) is 1.86. The molecule has 1 heterocycles. The lowest BCUT2D eigenvalue weighted by atomic mass is 10.2. The fourth-order valence-electron chi connectivity index (χ4n) is 1.83. The van der Waals surface area contributed by atoms with Gasteiger partial charge in [0.15, 0.2) is 0 Å². The monoisotopic (exact) mass is 245 g/mol. The number of rotatable bonds is 3. The van der Waals surface area contributed by atoms with E-state index in [1.54, 1.807) is 6.07 Å². The first-order valence-corrected chi connectivity index (χ1v) is 5.77. The molecule has 0 atom stereocenters. The van der Waals surface area contributed by atoms with Crippen LogP contribution < -0.4 is 10.6 Å². The van der Waals surface area contributed by atoms with Gasteiger partial charge in [0.2, 0.25) is 0 Å². The van der Waals surface area contributed by atoms with E-state index < -0.39 is 0 Å². The Morgan fingerprint density at radius 3 is 2.72 bits per heavy atom. The second-order valence-electron chi connectivity index (χ2n) is 4.22. The van der Waals surface area contributed by atoms with Crippen LogP contribution in [0.2, 0.25) is 0 Å². The summed E-state index contributed by atoms with van der Waals surface area (Å²) in [5.41, 5.74) is 8.32. The van der Waals surface area contributed by atoms with Crippen LogP contribution in [0.4, 0.5) is 15.9 Å². The van der Waals surface area contributed by atoms with Gasteiger partial charge < -0.3 is 10.6 Å². The summed E-state index contributed by atoms with van der Waals surface area (Å²) in [5, 5.41) is 0. The smallest absolute Gasteiger partial charge is 0.133 e. The van der Waals surface area contributed by atoms with Crippen LogP contribution >= 0.6 is 0 Å². The predicted octanol–water partition coefficient (Wildman–Crippen LogP) is 2.76. The van der Waals surface area contributed by atoms with Crippen LogP contribution in [-0.2, 0) is 6.54 Å². The zero-order chi connectivity index (χ0) is 13.1. The first kappa shape index (κ1) is 12.5. The zero-order valence-corrected chi connectivity index (χ0v) is 10.5. The second kappa shape index (κ2) is 5.14. The van der Waals surface area contributed by atoms with Crippen LogP contribution in [-0.4, -0.2) is 12.0 Å². The molecule has 2 rings (SSSR count). The van der Waals surface area contributed by atoms with Gasteiger partial charge in [-0.1, -0.05) is 6.07 Å². The number of anilines is 2. The highest BCUT2D eigenvalue weighted by molar-refractivity contribution is 5.59. The first-order chi connectivity index (χ1) is 8.60. The van der Waals surface area contributed by atoms with Gasteiger partial charge in [-0.15, -0.1) is 0 Å². The lowest BCUT2D eigenvalue weighted by Gasteiger charge is -2.19. The SMILES string of the molecule is Cc1cc(CN)cc(N(C)c2cccc(F)c2)n1. The predicted molar refractivity (Wildman–Crippen MR) is 71.3 cm³/mol. The third-order valence-corrected chi connectivity index (χ3v) is 2.77. The summed E-state index contributed by atoms with van der Waals surface area (Å²) < 4.78 is 13.2. The van der Waals surface area contributed by atoms with Crippen molar-refractivity contribution in [3.63, 3.8) is 0 Å². The third-order valence-electron chi connectivity index (χ3n) is 2.77. The van der Waals surface area contributed by atoms with Crippen molar-refractivity contribution in [1.82, 2.24) is 4.98 Å². The second-order valence-corrected chi connectivity index (χ2v) is 4.22. The number of aryl methyl sites for hydroxylation is 1. The molecule has 0 spiro atoms. The van der Waals surface area contributed by atoms with Crippen molar-refractivity contribution in [1.29, 1.82) is 0 Å². The Morgan fingerprint density at radius 2 is 2.06 bits per heavy atom. The molecule has 0 aliphatic heterocycles. The highest BCUT2D eigenvalue weighted by atomic mass is 19.1. The molecule has 2 N–H and O–H groups in total. The lowest BCUT2D eigenvalue weighted by molar-refractivity contribution is 0.628. The van der Waals surface area contributed by atoms with Crippen LogP contribution in [0.5, 0.6) is 0 Å². The van der Waals surface area contributed by atoms with Crippen molar-refractivity contribution in [2.24, 2.45) is 5.73 Å². The Kier molecular flexibility index (Phi) is 3.58. The average Bonchev–Trinajstić information content (AvgIpc) is 2.37. The molecule has 0 unspecified atom stereocenters. The molecule has 94 valence electrons. The normalized spacial score (nSPS) is 10.4. The van der Waals surface area contributed by atoms with Gasteiger partial charge in [-0.3, -0.25) is 0 Å². The maximum Gasteiger partial charge on any atom is 0.133 e. The maximum absolute atomic E-state index is 13.2. The Balaban J connectivity index is 2.39. The number of aromatic nitrogens is 1. The van der Waals surface area contributed by atoms with Crippen molar-refractivity contribution in [3.05, 3.63) is 53.5 Å². The molecule has 0 radical (unpaired) electrons. The largest absolute Gasteiger partial charge is 0.329 e. The fourth-order valence-corrected chi connectivity index (χ4v) is 1.83. The molecule has 0 fully saturated rings. The van der Waals surface area contributed by atoms with Gasteiger partial charge in [-0.25, -0.2) is 9.37 Å². The molecular weight excluding hydrogens is 229 g/mol. The van der Waals surface area contributed by atoms with Gasteiger partial charge in [-0.05, 0) is 42.8 Å². The maximum atomic E-state index is 13.2. The van der Waals surface area contributed by atoms with Crippen LogP contribution in [0.25, 0.3) is 0 Å². The zero-order valence-electron chi connectivity index (χ0n) is 10.5. The first-order valence-electron chi connectivity index (χ1n) is 5.77. The van der Waals surface area contributed by atoms with Gasteiger partial charge in [0.25, 0.3) is 0 Å². The number of nitrogens with two attached hydrogens (primary N) is 1. The highest BCUT2D eigenvalue weighted by Gasteiger charge is 2.07. The Bertz CT molecular complexity index is 554. The summed E-state index contributed by atoms with van der Waals surface area (Å²) in [6, 6.07) is 10.3. The van der Waals surface area contributed by atoms with Crippen LogP contribution in [0.3, 0.4) is 0 Å². The Morgan fingerprint density at radius 1 is 1.28 bits per heavy atom. The van der Waals surface area contributed by atoms with E-state index >= 15 is 0 Å². The fraction of sp³-hybridized carbons (Fsp3) is 0.214. The third kappa shape index (κ3) is 2.65. The number of benzene rings is 1. The van der Waals surface area contributed by atoms with Gasteiger partial charge in [-0.2, -0.15) is 0 Å². The molecule has 2 aromatic rings. The van der Waals surface area contributed by atoms with E-state index in [4.69, 9.17) is 5.73 Å². The van der Waals surface area contributed by atoms with E-state index in [9.17, 15) is 4.39 Å². The minimum atomic E-state index is -0.258. The lowest BCUT2D eigenvalue weighted by Crippen LogP contribution is -2.13. The summed E-state index contributed by atoms with van der Waals surface area (Å²) in [6.45, 7) is 2.38. The molecule has 0 aliphatic carbocycles. The van der Waals surface area contributed by atoms with Gasteiger partial charge in [0.1, 0.15) is 11.6 Å². The molecule has 0 saturated carbocycles. The van der Waals surface area contributed by atoms with Gasteiger partial charge in [0, 0.05) is 25.0 Å². The van der Waals surface area contributed by atoms with Crippen molar-refractivity contribution in [2.75, 3.05) is 11.9 Å². The molecule has 0 aliphatic rings. The molecule has 0 saturated heterocycles. The minimum Gasteiger partial charge on any atom is -0.329 e. The number of hydrogen-bond acceptors (Lipinski definition) is 3. The number of hydrogen-bond donors (Lipinski definition) is 1. The van der Waals surface area contributed by atoms with Crippen molar-refractivity contribution < 1.29 is 4.39 Å². The molecule has 4 heteroatoms. The molecular formula is C14H16FN3.